The molecule has 1 aromatic heterocycles. The zero-order valence-corrected chi connectivity index (χ0v) is 11.7. The lowest BCUT2D eigenvalue weighted by atomic mass is 10.1. The molecule has 1 aliphatic heterocycles. The third-order valence-corrected chi connectivity index (χ3v) is 3.62. The van der Waals surface area contributed by atoms with Gasteiger partial charge in [-0.3, -0.25) is 9.98 Å². The summed E-state index contributed by atoms with van der Waals surface area (Å²) in [6, 6.07) is 12.6. The standard InChI is InChI=1S/C16H18N4/c1-11-3-7-14(8-4-11)20-15(10-19-16(20)17)13-6-5-12(2)18-9-13/h3-9,15H,10H2,1-2H3,(H2,17,19). The molecule has 1 aromatic carbocycles. The smallest absolute Gasteiger partial charge is 0.196 e. The van der Waals surface area contributed by atoms with E-state index >= 15 is 0 Å². The number of nitrogens with two attached hydrogens (primary N) is 1. The van der Waals surface area contributed by atoms with E-state index in [4.69, 9.17) is 5.73 Å². The van der Waals surface area contributed by atoms with Crippen molar-refractivity contribution in [3.8, 4) is 0 Å². The molecule has 0 aliphatic carbocycles. The third-order valence-electron chi connectivity index (χ3n) is 3.62. The minimum atomic E-state index is 0.130. The predicted molar refractivity (Wildman–Crippen MR) is 81.9 cm³/mol. The first kappa shape index (κ1) is 12.7. The Hall–Kier alpha value is -2.36. The van der Waals surface area contributed by atoms with Crippen LogP contribution in [0.1, 0.15) is 22.9 Å². The van der Waals surface area contributed by atoms with Gasteiger partial charge in [-0.05, 0) is 37.6 Å². The van der Waals surface area contributed by atoms with Gasteiger partial charge in [0.15, 0.2) is 5.96 Å². The Morgan fingerprint density at radius 3 is 2.50 bits per heavy atom. The molecule has 1 aliphatic rings. The van der Waals surface area contributed by atoms with Gasteiger partial charge in [-0.2, -0.15) is 0 Å². The number of hydrogen-bond donors (Lipinski definition) is 1. The highest BCUT2D eigenvalue weighted by Gasteiger charge is 2.28. The van der Waals surface area contributed by atoms with Gasteiger partial charge in [0, 0.05) is 17.6 Å². The van der Waals surface area contributed by atoms with E-state index in [1.165, 1.54) is 5.56 Å². The molecule has 1 unspecified atom stereocenters. The largest absolute Gasteiger partial charge is 0.369 e. The Labute approximate surface area is 119 Å². The second kappa shape index (κ2) is 4.96. The van der Waals surface area contributed by atoms with Gasteiger partial charge >= 0.3 is 0 Å². The summed E-state index contributed by atoms with van der Waals surface area (Å²) < 4.78 is 0. The number of rotatable bonds is 2. The zero-order valence-electron chi connectivity index (χ0n) is 11.7. The summed E-state index contributed by atoms with van der Waals surface area (Å²) in [5.74, 6) is 0.569. The maximum Gasteiger partial charge on any atom is 0.196 e. The first-order chi connectivity index (χ1) is 9.65. The van der Waals surface area contributed by atoms with Crippen molar-refractivity contribution >= 4 is 11.6 Å². The maximum atomic E-state index is 6.06. The molecule has 2 heterocycles. The number of guanidine groups is 1. The average Bonchev–Trinajstić information content (AvgIpc) is 2.83. The monoisotopic (exact) mass is 266 g/mol. The average molecular weight is 266 g/mol. The van der Waals surface area contributed by atoms with Gasteiger partial charge in [-0.1, -0.05) is 23.8 Å². The van der Waals surface area contributed by atoms with E-state index in [0.29, 0.717) is 12.5 Å². The van der Waals surface area contributed by atoms with Crippen LogP contribution in [0.3, 0.4) is 0 Å². The molecule has 0 fully saturated rings. The van der Waals surface area contributed by atoms with Crippen LogP contribution in [0.15, 0.2) is 47.6 Å². The quantitative estimate of drug-likeness (QED) is 0.909. The number of aryl methyl sites for hydroxylation is 2. The van der Waals surface area contributed by atoms with E-state index in [1.807, 2.05) is 19.2 Å². The van der Waals surface area contributed by atoms with Crippen molar-refractivity contribution in [1.82, 2.24) is 4.98 Å². The van der Waals surface area contributed by atoms with Gasteiger partial charge in [0.1, 0.15) is 0 Å². The predicted octanol–water partition coefficient (Wildman–Crippen LogP) is 2.57. The van der Waals surface area contributed by atoms with Crippen LogP contribution in [0.2, 0.25) is 0 Å². The molecular formula is C16H18N4. The van der Waals surface area contributed by atoms with Crippen molar-refractivity contribution in [2.75, 3.05) is 11.4 Å². The summed E-state index contributed by atoms with van der Waals surface area (Å²) in [5, 5.41) is 0. The number of pyridine rings is 1. The molecule has 0 amide bonds. The molecule has 0 radical (unpaired) electrons. The van der Waals surface area contributed by atoms with Crippen LogP contribution in [0.4, 0.5) is 5.69 Å². The van der Waals surface area contributed by atoms with Gasteiger partial charge in [-0.25, -0.2) is 0 Å². The van der Waals surface area contributed by atoms with E-state index < -0.39 is 0 Å². The summed E-state index contributed by atoms with van der Waals surface area (Å²) in [5.41, 5.74) is 10.5. The molecule has 2 aromatic rings. The lowest BCUT2D eigenvalue weighted by Crippen LogP contribution is -2.36. The number of aromatic nitrogens is 1. The van der Waals surface area contributed by atoms with E-state index in [0.717, 1.165) is 16.9 Å². The molecule has 1 atom stereocenters. The highest BCUT2D eigenvalue weighted by atomic mass is 15.3. The van der Waals surface area contributed by atoms with E-state index in [2.05, 4.69) is 52.1 Å². The zero-order chi connectivity index (χ0) is 14.1. The second-order valence-electron chi connectivity index (χ2n) is 5.15. The van der Waals surface area contributed by atoms with Crippen molar-refractivity contribution in [2.24, 2.45) is 10.7 Å². The minimum absolute atomic E-state index is 0.130. The summed E-state index contributed by atoms with van der Waals surface area (Å²) in [6.45, 7) is 4.73. The molecule has 4 heteroatoms. The van der Waals surface area contributed by atoms with Crippen molar-refractivity contribution in [3.63, 3.8) is 0 Å². The number of hydrogen-bond acceptors (Lipinski definition) is 4. The van der Waals surface area contributed by atoms with Crippen LogP contribution in [-0.4, -0.2) is 17.5 Å². The van der Waals surface area contributed by atoms with Crippen molar-refractivity contribution in [3.05, 3.63) is 59.4 Å². The van der Waals surface area contributed by atoms with Gasteiger partial charge in [0.05, 0.1) is 12.6 Å². The molecule has 20 heavy (non-hydrogen) atoms. The molecule has 4 nitrogen and oxygen atoms in total. The fourth-order valence-corrected chi connectivity index (χ4v) is 2.45. The maximum absolute atomic E-state index is 6.06. The van der Waals surface area contributed by atoms with E-state index in [-0.39, 0.29) is 6.04 Å². The van der Waals surface area contributed by atoms with Crippen molar-refractivity contribution in [1.29, 1.82) is 0 Å². The van der Waals surface area contributed by atoms with Gasteiger partial charge in [0.2, 0.25) is 0 Å². The van der Waals surface area contributed by atoms with Gasteiger partial charge < -0.3 is 10.6 Å². The summed E-state index contributed by atoms with van der Waals surface area (Å²) >= 11 is 0. The summed E-state index contributed by atoms with van der Waals surface area (Å²) in [7, 11) is 0. The first-order valence-corrected chi connectivity index (χ1v) is 6.73. The molecule has 0 saturated carbocycles. The fraction of sp³-hybridized carbons (Fsp3) is 0.250. The van der Waals surface area contributed by atoms with Gasteiger partial charge in [-0.15, -0.1) is 0 Å². The second-order valence-corrected chi connectivity index (χ2v) is 5.15. The Balaban J connectivity index is 1.96. The molecule has 102 valence electrons. The molecular weight excluding hydrogens is 248 g/mol. The van der Waals surface area contributed by atoms with Crippen LogP contribution in [-0.2, 0) is 0 Å². The van der Waals surface area contributed by atoms with Crippen LogP contribution in [0.5, 0.6) is 0 Å². The van der Waals surface area contributed by atoms with Crippen LogP contribution in [0, 0.1) is 13.8 Å². The summed E-state index contributed by atoms with van der Waals surface area (Å²) in [4.78, 5) is 10.8. The number of nitrogens with zero attached hydrogens (tertiary/aromatic N) is 3. The normalized spacial score (nSPS) is 18.2. The Kier molecular flexibility index (Phi) is 3.14. The Morgan fingerprint density at radius 1 is 1.10 bits per heavy atom. The summed E-state index contributed by atoms with van der Waals surface area (Å²) in [6.07, 6.45) is 1.91. The molecule has 0 bridgehead atoms. The van der Waals surface area contributed by atoms with Gasteiger partial charge in [0.25, 0.3) is 0 Å². The van der Waals surface area contributed by atoms with Crippen LogP contribution in [0.25, 0.3) is 0 Å². The van der Waals surface area contributed by atoms with Crippen LogP contribution < -0.4 is 10.6 Å². The minimum Gasteiger partial charge on any atom is -0.369 e. The Bertz CT molecular complexity index is 629. The molecule has 0 saturated heterocycles. The number of anilines is 1. The lowest BCUT2D eigenvalue weighted by molar-refractivity contribution is 0.762. The van der Waals surface area contributed by atoms with E-state index in [9.17, 15) is 0 Å². The molecule has 0 spiro atoms. The Morgan fingerprint density at radius 2 is 1.85 bits per heavy atom. The van der Waals surface area contributed by atoms with Crippen molar-refractivity contribution in [2.45, 2.75) is 19.9 Å². The highest BCUT2D eigenvalue weighted by Crippen LogP contribution is 2.30. The number of aliphatic imine (C=N–C) groups is 1. The SMILES string of the molecule is Cc1ccc(N2C(N)=NCC2c2ccc(C)nc2)cc1. The van der Waals surface area contributed by atoms with Crippen molar-refractivity contribution < 1.29 is 0 Å². The fourth-order valence-electron chi connectivity index (χ4n) is 2.45. The first-order valence-electron chi connectivity index (χ1n) is 6.73. The topological polar surface area (TPSA) is 54.5 Å². The molecule has 2 N–H and O–H groups in total. The third kappa shape index (κ3) is 2.25. The number of benzene rings is 1. The lowest BCUT2D eigenvalue weighted by Gasteiger charge is -2.26. The van der Waals surface area contributed by atoms with E-state index in [1.54, 1.807) is 0 Å². The molecule has 3 rings (SSSR count). The van der Waals surface area contributed by atoms with Crippen LogP contribution >= 0.6 is 0 Å². The highest BCUT2D eigenvalue weighted by molar-refractivity contribution is 5.97.